The molecule has 0 saturated carbocycles. The van der Waals surface area contributed by atoms with E-state index in [1.54, 1.807) is 12.1 Å². The average Bonchev–Trinajstić information content (AvgIpc) is 2.34. The van der Waals surface area contributed by atoms with Crippen LogP contribution in [0, 0.1) is 11.3 Å². The average molecular weight is 217 g/mol. The second-order valence-electron chi connectivity index (χ2n) is 3.44. The van der Waals surface area contributed by atoms with Gasteiger partial charge in [0.25, 0.3) is 0 Å². The van der Waals surface area contributed by atoms with Crippen LogP contribution in [0.3, 0.4) is 0 Å². The summed E-state index contributed by atoms with van der Waals surface area (Å²) in [5.41, 5.74) is 1.63. The highest BCUT2D eigenvalue weighted by Gasteiger charge is 2.00. The van der Waals surface area contributed by atoms with Crippen LogP contribution in [-0.4, -0.2) is 19.5 Å². The Morgan fingerprint density at radius 2 is 2.06 bits per heavy atom. The Balaban J connectivity index is 2.37. The van der Waals surface area contributed by atoms with Gasteiger partial charge in [0.05, 0.1) is 11.6 Å². The van der Waals surface area contributed by atoms with E-state index in [1.165, 1.54) is 0 Å². The molecule has 1 amide bonds. The summed E-state index contributed by atoms with van der Waals surface area (Å²) in [5, 5.41) is 14.3. The fourth-order valence-corrected chi connectivity index (χ4v) is 1.22. The number of nitrogens with one attached hydrogen (secondary N) is 2. The van der Waals surface area contributed by atoms with Crippen LogP contribution in [0.4, 0.5) is 0 Å². The molecule has 4 nitrogen and oxygen atoms in total. The van der Waals surface area contributed by atoms with E-state index in [-0.39, 0.29) is 5.91 Å². The van der Waals surface area contributed by atoms with Gasteiger partial charge in [-0.3, -0.25) is 4.79 Å². The number of nitriles is 1. The SMILES string of the molecule is CNCCC(=O)NCc1ccc(C#N)cc1. The number of carbonyl (C=O) groups excluding carboxylic acids is 1. The van der Waals surface area contributed by atoms with E-state index in [2.05, 4.69) is 16.7 Å². The molecular formula is C12H15N3O. The fraction of sp³-hybridized carbons (Fsp3) is 0.333. The van der Waals surface area contributed by atoms with Crippen molar-refractivity contribution < 1.29 is 4.79 Å². The van der Waals surface area contributed by atoms with Crippen molar-refractivity contribution in [1.82, 2.24) is 10.6 Å². The van der Waals surface area contributed by atoms with E-state index >= 15 is 0 Å². The Labute approximate surface area is 95.3 Å². The lowest BCUT2D eigenvalue weighted by Gasteiger charge is -2.04. The van der Waals surface area contributed by atoms with Crippen LogP contribution in [0.2, 0.25) is 0 Å². The molecule has 1 rings (SSSR count). The molecule has 0 bridgehead atoms. The molecule has 0 fully saturated rings. The first kappa shape index (κ1) is 12.2. The number of rotatable bonds is 5. The van der Waals surface area contributed by atoms with Crippen molar-refractivity contribution in [3.63, 3.8) is 0 Å². The summed E-state index contributed by atoms with van der Waals surface area (Å²) in [5.74, 6) is 0.0266. The third kappa shape index (κ3) is 4.11. The highest BCUT2D eigenvalue weighted by molar-refractivity contribution is 5.76. The lowest BCUT2D eigenvalue weighted by Crippen LogP contribution is -2.26. The molecule has 16 heavy (non-hydrogen) atoms. The van der Waals surface area contributed by atoms with Crippen molar-refractivity contribution in [3.8, 4) is 6.07 Å². The van der Waals surface area contributed by atoms with Gasteiger partial charge in [0.15, 0.2) is 0 Å². The molecule has 0 radical (unpaired) electrons. The quantitative estimate of drug-likeness (QED) is 0.766. The van der Waals surface area contributed by atoms with E-state index in [9.17, 15) is 4.79 Å². The van der Waals surface area contributed by atoms with Gasteiger partial charge in [-0.25, -0.2) is 0 Å². The largest absolute Gasteiger partial charge is 0.352 e. The summed E-state index contributed by atoms with van der Waals surface area (Å²) in [6.07, 6.45) is 0.479. The number of carbonyl (C=O) groups is 1. The molecule has 0 spiro atoms. The predicted octanol–water partition coefficient (Wildman–Crippen LogP) is 0.784. The maximum Gasteiger partial charge on any atom is 0.221 e. The van der Waals surface area contributed by atoms with E-state index in [0.29, 0.717) is 25.1 Å². The van der Waals surface area contributed by atoms with Gasteiger partial charge < -0.3 is 10.6 Å². The maximum atomic E-state index is 11.3. The Hall–Kier alpha value is -1.86. The summed E-state index contributed by atoms with van der Waals surface area (Å²) >= 11 is 0. The van der Waals surface area contributed by atoms with Gasteiger partial charge in [0.1, 0.15) is 0 Å². The highest BCUT2D eigenvalue weighted by atomic mass is 16.1. The minimum Gasteiger partial charge on any atom is -0.352 e. The normalized spacial score (nSPS) is 9.50. The maximum absolute atomic E-state index is 11.3. The monoisotopic (exact) mass is 217 g/mol. The molecule has 0 saturated heterocycles. The van der Waals surface area contributed by atoms with Crippen molar-refractivity contribution in [2.45, 2.75) is 13.0 Å². The Morgan fingerprint density at radius 3 is 2.62 bits per heavy atom. The van der Waals surface area contributed by atoms with E-state index in [0.717, 1.165) is 5.56 Å². The van der Waals surface area contributed by atoms with Crippen LogP contribution in [0.25, 0.3) is 0 Å². The molecule has 1 aromatic rings. The van der Waals surface area contributed by atoms with E-state index in [4.69, 9.17) is 5.26 Å². The molecular weight excluding hydrogens is 202 g/mol. The fourth-order valence-electron chi connectivity index (χ4n) is 1.22. The van der Waals surface area contributed by atoms with Crippen molar-refractivity contribution in [1.29, 1.82) is 5.26 Å². The zero-order valence-corrected chi connectivity index (χ0v) is 9.29. The number of amides is 1. The minimum absolute atomic E-state index is 0.0266. The Bertz CT molecular complexity index is 378. The molecule has 1 aromatic carbocycles. The Morgan fingerprint density at radius 1 is 1.38 bits per heavy atom. The zero-order valence-electron chi connectivity index (χ0n) is 9.29. The van der Waals surface area contributed by atoms with Gasteiger partial charge in [-0.05, 0) is 24.7 Å². The second-order valence-corrected chi connectivity index (χ2v) is 3.44. The summed E-state index contributed by atoms with van der Waals surface area (Å²) < 4.78 is 0. The minimum atomic E-state index is 0.0266. The zero-order chi connectivity index (χ0) is 11.8. The van der Waals surface area contributed by atoms with Crippen molar-refractivity contribution in [3.05, 3.63) is 35.4 Å². The van der Waals surface area contributed by atoms with Crippen molar-refractivity contribution >= 4 is 5.91 Å². The molecule has 0 aliphatic heterocycles. The van der Waals surface area contributed by atoms with Gasteiger partial charge in [0, 0.05) is 19.5 Å². The van der Waals surface area contributed by atoms with Crippen molar-refractivity contribution in [2.75, 3.05) is 13.6 Å². The number of benzene rings is 1. The topological polar surface area (TPSA) is 64.9 Å². The van der Waals surface area contributed by atoms with Gasteiger partial charge in [-0.2, -0.15) is 5.26 Å². The first-order chi connectivity index (χ1) is 7.76. The predicted molar refractivity (Wildman–Crippen MR) is 61.5 cm³/mol. The first-order valence-electron chi connectivity index (χ1n) is 5.16. The number of hydrogen-bond donors (Lipinski definition) is 2. The molecule has 84 valence electrons. The van der Waals surface area contributed by atoms with Crippen LogP contribution >= 0.6 is 0 Å². The first-order valence-corrected chi connectivity index (χ1v) is 5.16. The van der Waals surface area contributed by atoms with Crippen LogP contribution in [0.1, 0.15) is 17.5 Å². The van der Waals surface area contributed by atoms with Crippen LogP contribution in [-0.2, 0) is 11.3 Å². The standard InChI is InChI=1S/C12H15N3O/c1-14-7-6-12(16)15-9-11-4-2-10(8-13)3-5-11/h2-5,14H,6-7,9H2,1H3,(H,15,16). The van der Waals surface area contributed by atoms with Crippen LogP contribution < -0.4 is 10.6 Å². The smallest absolute Gasteiger partial charge is 0.221 e. The molecule has 0 aliphatic rings. The third-order valence-corrected chi connectivity index (χ3v) is 2.17. The van der Waals surface area contributed by atoms with Gasteiger partial charge in [0.2, 0.25) is 5.91 Å². The molecule has 0 aliphatic carbocycles. The van der Waals surface area contributed by atoms with Crippen molar-refractivity contribution in [2.24, 2.45) is 0 Å². The van der Waals surface area contributed by atoms with Gasteiger partial charge >= 0.3 is 0 Å². The Kier molecular flexibility index (Phi) is 5.03. The molecule has 4 heteroatoms. The molecule has 0 aromatic heterocycles. The highest BCUT2D eigenvalue weighted by Crippen LogP contribution is 2.02. The summed E-state index contributed by atoms with van der Waals surface area (Å²) in [4.78, 5) is 11.3. The molecule has 0 unspecified atom stereocenters. The number of nitrogens with zero attached hydrogens (tertiary/aromatic N) is 1. The van der Waals surface area contributed by atoms with E-state index < -0.39 is 0 Å². The van der Waals surface area contributed by atoms with Gasteiger partial charge in [-0.1, -0.05) is 12.1 Å². The lowest BCUT2D eigenvalue weighted by atomic mass is 10.1. The third-order valence-electron chi connectivity index (χ3n) is 2.17. The van der Waals surface area contributed by atoms with Crippen LogP contribution in [0.15, 0.2) is 24.3 Å². The van der Waals surface area contributed by atoms with Gasteiger partial charge in [-0.15, -0.1) is 0 Å². The molecule has 0 heterocycles. The second kappa shape index (κ2) is 6.59. The number of hydrogen-bond acceptors (Lipinski definition) is 3. The van der Waals surface area contributed by atoms with Crippen LogP contribution in [0.5, 0.6) is 0 Å². The molecule has 0 atom stereocenters. The summed E-state index contributed by atoms with van der Waals surface area (Å²) in [6.45, 7) is 1.19. The molecule has 2 N–H and O–H groups in total. The summed E-state index contributed by atoms with van der Waals surface area (Å²) in [6, 6.07) is 9.23. The van der Waals surface area contributed by atoms with E-state index in [1.807, 2.05) is 19.2 Å². The lowest BCUT2D eigenvalue weighted by molar-refractivity contribution is -0.121. The summed E-state index contributed by atoms with van der Waals surface area (Å²) in [7, 11) is 1.81.